The molecule has 2 aliphatic rings. The van der Waals surface area contributed by atoms with Crippen molar-refractivity contribution < 1.29 is 19.5 Å². The largest absolute Gasteiger partial charge is 0.494 e. The van der Waals surface area contributed by atoms with Gasteiger partial charge in [-0.05, 0) is 61.7 Å². The second kappa shape index (κ2) is 7.69. The highest BCUT2D eigenvalue weighted by molar-refractivity contribution is 5.66. The molecule has 28 heavy (non-hydrogen) atoms. The molecule has 0 radical (unpaired) electrons. The van der Waals surface area contributed by atoms with Crippen LogP contribution in [0.4, 0.5) is 0 Å². The van der Waals surface area contributed by atoms with Gasteiger partial charge in [-0.25, -0.2) is 0 Å². The summed E-state index contributed by atoms with van der Waals surface area (Å²) >= 11 is 0. The third kappa shape index (κ3) is 4.05. The third-order valence-corrected chi connectivity index (χ3v) is 5.77. The van der Waals surface area contributed by atoms with E-state index >= 15 is 0 Å². The fourth-order valence-corrected chi connectivity index (χ4v) is 4.21. The van der Waals surface area contributed by atoms with Crippen LogP contribution in [0.5, 0.6) is 5.75 Å². The first kappa shape index (κ1) is 18.6. The van der Waals surface area contributed by atoms with E-state index in [4.69, 9.17) is 9.84 Å². The minimum Gasteiger partial charge on any atom is -0.494 e. The summed E-state index contributed by atoms with van der Waals surface area (Å²) in [5, 5.41) is 8.98. The molecular weight excluding hydrogens is 350 g/mol. The fraction of sp³-hybridized carbons (Fsp3) is 0.375. The molecular formula is C24H26NO3+. The summed E-state index contributed by atoms with van der Waals surface area (Å²) in [4.78, 5) is 12.3. The Kier molecular flexibility index (Phi) is 5.11. The molecule has 1 spiro atoms. The Morgan fingerprint density at radius 1 is 1.14 bits per heavy atom. The lowest BCUT2D eigenvalue weighted by molar-refractivity contribution is -0.918. The van der Waals surface area contributed by atoms with Crippen LogP contribution in [0.2, 0.25) is 0 Å². The Morgan fingerprint density at radius 3 is 2.54 bits per heavy atom. The number of benzene rings is 2. The molecule has 1 atom stereocenters. The van der Waals surface area contributed by atoms with E-state index in [0.29, 0.717) is 13.2 Å². The zero-order chi connectivity index (χ0) is 19.6. The van der Waals surface area contributed by atoms with E-state index in [0.717, 1.165) is 30.0 Å². The maximum absolute atomic E-state index is 10.9. The number of hydrogen-bond donors (Lipinski definition) is 2. The van der Waals surface area contributed by atoms with Crippen molar-refractivity contribution in [2.45, 2.75) is 38.1 Å². The van der Waals surface area contributed by atoms with Crippen molar-refractivity contribution in [1.29, 1.82) is 0 Å². The Hall–Kier alpha value is -2.77. The summed E-state index contributed by atoms with van der Waals surface area (Å²) in [7, 11) is 0. The van der Waals surface area contributed by atoms with Gasteiger partial charge in [0.05, 0.1) is 26.1 Å². The molecule has 1 unspecified atom stereocenters. The van der Waals surface area contributed by atoms with Crippen LogP contribution < -0.4 is 9.64 Å². The van der Waals surface area contributed by atoms with Crippen LogP contribution in [0.25, 0.3) is 0 Å². The quantitative estimate of drug-likeness (QED) is 0.788. The van der Waals surface area contributed by atoms with Crippen LogP contribution in [0.1, 0.15) is 48.4 Å². The van der Waals surface area contributed by atoms with E-state index in [1.165, 1.54) is 28.9 Å². The first-order valence-electron chi connectivity index (χ1n) is 10.0. The molecule has 1 aliphatic heterocycles. The standard InChI is InChI=1S/C24H25NO3/c1-2-28-21-9-6-18(7-10-21)3-4-19-5-8-20-16-25(14-11-23(26)27)17-24(12-13-24)22(20)15-19/h5-10,15H,2,11-14,16-17H2,1H3,(H,26,27)/p+1. The molecule has 4 rings (SSSR count). The van der Waals surface area contributed by atoms with Crippen LogP contribution in [-0.4, -0.2) is 30.8 Å². The predicted molar refractivity (Wildman–Crippen MR) is 108 cm³/mol. The number of aliphatic carboxylic acids is 1. The fourth-order valence-electron chi connectivity index (χ4n) is 4.21. The topological polar surface area (TPSA) is 51.0 Å². The highest BCUT2D eigenvalue weighted by Gasteiger charge is 2.51. The number of nitrogens with one attached hydrogen (secondary N) is 1. The van der Waals surface area contributed by atoms with Gasteiger partial charge in [-0.3, -0.25) is 4.79 Å². The SMILES string of the molecule is CCOc1ccc(C#Cc2ccc3c(c2)C2(CC2)C[NH+](CCC(=O)O)C3)cc1. The minimum atomic E-state index is -0.706. The summed E-state index contributed by atoms with van der Waals surface area (Å²) in [6, 6.07) is 14.4. The maximum atomic E-state index is 10.9. The van der Waals surface area contributed by atoms with Crippen LogP contribution in [0.3, 0.4) is 0 Å². The van der Waals surface area contributed by atoms with Gasteiger partial charge < -0.3 is 14.7 Å². The Labute approximate surface area is 166 Å². The van der Waals surface area contributed by atoms with Crippen LogP contribution in [0, 0.1) is 11.8 Å². The number of hydrogen-bond acceptors (Lipinski definition) is 2. The lowest BCUT2D eigenvalue weighted by Gasteiger charge is -2.32. The van der Waals surface area contributed by atoms with Gasteiger partial charge >= 0.3 is 5.97 Å². The molecule has 1 fully saturated rings. The van der Waals surface area contributed by atoms with Crippen molar-refractivity contribution in [3.8, 4) is 17.6 Å². The van der Waals surface area contributed by atoms with Gasteiger partial charge in [-0.1, -0.05) is 17.9 Å². The number of rotatable bonds is 5. The monoisotopic (exact) mass is 376 g/mol. The Bertz CT molecular complexity index is 933. The van der Waals surface area contributed by atoms with Crippen molar-refractivity contribution in [2.24, 2.45) is 0 Å². The van der Waals surface area contributed by atoms with Crippen molar-refractivity contribution in [2.75, 3.05) is 19.7 Å². The van der Waals surface area contributed by atoms with E-state index < -0.39 is 5.97 Å². The highest BCUT2D eigenvalue weighted by atomic mass is 16.5. The summed E-state index contributed by atoms with van der Waals surface area (Å²) in [5.41, 5.74) is 5.07. The van der Waals surface area contributed by atoms with Gasteiger partial charge in [-0.2, -0.15) is 0 Å². The smallest absolute Gasteiger partial charge is 0.309 e. The van der Waals surface area contributed by atoms with Crippen LogP contribution in [-0.2, 0) is 16.8 Å². The zero-order valence-corrected chi connectivity index (χ0v) is 16.3. The van der Waals surface area contributed by atoms with Gasteiger partial charge in [0.1, 0.15) is 12.3 Å². The molecule has 4 heteroatoms. The molecule has 0 aromatic heterocycles. The van der Waals surface area contributed by atoms with E-state index in [1.807, 2.05) is 31.2 Å². The van der Waals surface area contributed by atoms with Crippen LogP contribution >= 0.6 is 0 Å². The molecule has 0 saturated heterocycles. The third-order valence-electron chi connectivity index (χ3n) is 5.77. The lowest BCUT2D eigenvalue weighted by Crippen LogP contribution is -3.12. The van der Waals surface area contributed by atoms with E-state index in [2.05, 4.69) is 30.0 Å². The summed E-state index contributed by atoms with van der Waals surface area (Å²) < 4.78 is 5.47. The first-order chi connectivity index (χ1) is 13.6. The van der Waals surface area contributed by atoms with E-state index in [1.54, 1.807) is 0 Å². The van der Waals surface area contributed by atoms with Crippen molar-refractivity contribution in [3.63, 3.8) is 0 Å². The highest BCUT2D eigenvalue weighted by Crippen LogP contribution is 2.49. The van der Waals surface area contributed by atoms with Gasteiger partial charge in [0.15, 0.2) is 0 Å². The molecule has 2 aromatic carbocycles. The summed E-state index contributed by atoms with van der Waals surface area (Å²) in [5.74, 6) is 6.72. The number of carboxylic acids is 1. The predicted octanol–water partition coefficient (Wildman–Crippen LogP) is 2.39. The number of quaternary nitrogens is 1. The summed E-state index contributed by atoms with van der Waals surface area (Å²) in [6.45, 7) is 5.30. The number of ether oxygens (including phenoxy) is 1. The molecule has 0 amide bonds. The van der Waals surface area contributed by atoms with E-state index in [9.17, 15) is 4.79 Å². The zero-order valence-electron chi connectivity index (χ0n) is 16.3. The molecule has 144 valence electrons. The van der Waals surface area contributed by atoms with Gasteiger partial charge in [-0.15, -0.1) is 0 Å². The average molecular weight is 376 g/mol. The van der Waals surface area contributed by atoms with E-state index in [-0.39, 0.29) is 11.8 Å². The molecule has 2 N–H and O–H groups in total. The van der Waals surface area contributed by atoms with Crippen LogP contribution in [0.15, 0.2) is 42.5 Å². The number of fused-ring (bicyclic) bond motifs is 2. The second-order valence-corrected chi connectivity index (χ2v) is 7.86. The van der Waals surface area contributed by atoms with Crippen molar-refractivity contribution >= 4 is 5.97 Å². The van der Waals surface area contributed by atoms with Crippen molar-refractivity contribution in [3.05, 3.63) is 64.7 Å². The van der Waals surface area contributed by atoms with Gasteiger partial charge in [0, 0.05) is 22.1 Å². The lowest BCUT2D eigenvalue weighted by atomic mass is 9.85. The molecule has 2 aromatic rings. The Balaban J connectivity index is 1.51. The molecule has 1 aliphatic carbocycles. The average Bonchev–Trinajstić information content (AvgIpc) is 3.46. The molecule has 1 heterocycles. The minimum absolute atomic E-state index is 0.242. The first-order valence-corrected chi connectivity index (χ1v) is 10.0. The van der Waals surface area contributed by atoms with Crippen molar-refractivity contribution in [1.82, 2.24) is 0 Å². The Morgan fingerprint density at radius 2 is 1.86 bits per heavy atom. The molecule has 0 bridgehead atoms. The van der Waals surface area contributed by atoms with Gasteiger partial charge in [0.2, 0.25) is 0 Å². The number of carbonyl (C=O) groups is 1. The molecule has 1 saturated carbocycles. The van der Waals surface area contributed by atoms with Gasteiger partial charge in [0.25, 0.3) is 0 Å². The number of carboxylic acid groups (broad SMARTS) is 1. The summed E-state index contributed by atoms with van der Waals surface area (Å²) in [6.07, 6.45) is 2.64. The molecule has 4 nitrogen and oxygen atoms in total. The normalized spacial score (nSPS) is 18.7. The maximum Gasteiger partial charge on any atom is 0.309 e. The second-order valence-electron chi connectivity index (χ2n) is 7.86.